The molecule has 2 aromatic rings. The lowest BCUT2D eigenvalue weighted by atomic mass is 10.1. The van der Waals surface area contributed by atoms with Gasteiger partial charge in [0, 0.05) is 12.0 Å². The highest BCUT2D eigenvalue weighted by Gasteiger charge is 2.32. The Morgan fingerprint density at radius 1 is 1.18 bits per heavy atom. The Labute approximate surface area is 127 Å². The molecule has 1 aromatic heterocycles. The molecule has 2 rings (SSSR count). The number of rotatable bonds is 2. The van der Waals surface area contributed by atoms with Gasteiger partial charge in [-0.05, 0) is 25.1 Å². The number of pyridine rings is 1. The summed E-state index contributed by atoms with van der Waals surface area (Å²) in [5, 5.41) is 0. The highest BCUT2D eigenvalue weighted by atomic mass is 19.4. The lowest BCUT2D eigenvalue weighted by Crippen LogP contribution is -2.07. The third-order valence-electron chi connectivity index (χ3n) is 2.70. The van der Waals surface area contributed by atoms with E-state index in [4.69, 9.17) is 0 Å². The van der Waals surface area contributed by atoms with Crippen molar-refractivity contribution in [1.29, 1.82) is 0 Å². The molecule has 2 N–H and O–H groups in total. The Balaban J connectivity index is 0.000000422. The summed E-state index contributed by atoms with van der Waals surface area (Å²) in [6.07, 6.45) is -3.96. The summed E-state index contributed by atoms with van der Waals surface area (Å²) in [6, 6.07) is 11.2. The first-order chi connectivity index (χ1) is 10.2. The number of nitrogens with zero attached hydrogens (tertiary/aromatic N) is 1. The number of hydrogen-bond acceptors (Lipinski definition) is 2. The zero-order chi connectivity index (χ0) is 16.8. The van der Waals surface area contributed by atoms with E-state index in [0.29, 0.717) is 17.7 Å². The lowest BCUT2D eigenvalue weighted by molar-refractivity contribution is -0.141. The van der Waals surface area contributed by atoms with Crippen molar-refractivity contribution in [1.82, 2.24) is 4.98 Å². The second kappa shape index (κ2) is 7.59. The van der Waals surface area contributed by atoms with Gasteiger partial charge in [-0.3, -0.25) is 4.79 Å². The van der Waals surface area contributed by atoms with E-state index in [9.17, 15) is 18.0 Å². The van der Waals surface area contributed by atoms with Crippen molar-refractivity contribution in [2.24, 2.45) is 5.73 Å². The summed E-state index contributed by atoms with van der Waals surface area (Å²) < 4.78 is 37.5. The summed E-state index contributed by atoms with van der Waals surface area (Å²) in [5.74, 6) is -0.245. The van der Waals surface area contributed by atoms with Crippen molar-refractivity contribution >= 4 is 5.91 Å². The first kappa shape index (κ1) is 17.7. The van der Waals surface area contributed by atoms with Gasteiger partial charge in [0.1, 0.15) is 5.69 Å². The molecule has 0 aliphatic carbocycles. The lowest BCUT2D eigenvalue weighted by Gasteiger charge is -2.08. The molecule has 0 atom stereocenters. The van der Waals surface area contributed by atoms with Crippen LogP contribution in [0.5, 0.6) is 0 Å². The fourth-order valence-corrected chi connectivity index (χ4v) is 1.56. The van der Waals surface area contributed by atoms with E-state index in [1.165, 1.54) is 6.07 Å². The van der Waals surface area contributed by atoms with Gasteiger partial charge in [-0.25, -0.2) is 4.98 Å². The number of nitrogens with two attached hydrogens (primary N) is 1. The average molecular weight is 310 g/mol. The molecule has 0 bridgehead atoms. The van der Waals surface area contributed by atoms with Gasteiger partial charge in [0.2, 0.25) is 5.91 Å². The fraction of sp³-hybridized carbons (Fsp3) is 0.250. The molecule has 3 nitrogen and oxygen atoms in total. The smallest absolute Gasteiger partial charge is 0.370 e. The minimum absolute atomic E-state index is 0.245. The summed E-state index contributed by atoms with van der Waals surface area (Å²) in [4.78, 5) is 13.2. The molecular weight excluding hydrogens is 293 g/mol. The number of alkyl halides is 3. The van der Waals surface area contributed by atoms with Crippen molar-refractivity contribution in [3.05, 3.63) is 53.7 Å². The van der Waals surface area contributed by atoms with Crippen LogP contribution in [0, 0.1) is 6.92 Å². The van der Waals surface area contributed by atoms with E-state index in [0.717, 1.165) is 11.6 Å². The van der Waals surface area contributed by atoms with Gasteiger partial charge in [0.05, 0.1) is 5.69 Å². The van der Waals surface area contributed by atoms with Gasteiger partial charge in [0.25, 0.3) is 0 Å². The molecule has 6 heteroatoms. The minimum atomic E-state index is -4.40. The van der Waals surface area contributed by atoms with Crippen LogP contribution in [-0.4, -0.2) is 10.9 Å². The molecule has 1 aromatic carbocycles. The molecule has 0 aliphatic heterocycles. The number of primary amides is 1. The van der Waals surface area contributed by atoms with E-state index >= 15 is 0 Å². The van der Waals surface area contributed by atoms with E-state index in [1.54, 1.807) is 25.1 Å². The number of aromatic nitrogens is 1. The predicted octanol–water partition coefficient (Wildman–Crippen LogP) is 3.96. The van der Waals surface area contributed by atoms with Crippen LogP contribution in [0.4, 0.5) is 13.2 Å². The van der Waals surface area contributed by atoms with Gasteiger partial charge >= 0.3 is 6.18 Å². The highest BCUT2D eigenvalue weighted by Crippen LogP contribution is 2.29. The zero-order valence-corrected chi connectivity index (χ0v) is 12.3. The Kier molecular flexibility index (Phi) is 6.10. The fourth-order valence-electron chi connectivity index (χ4n) is 1.56. The zero-order valence-electron chi connectivity index (χ0n) is 12.3. The van der Waals surface area contributed by atoms with E-state index in [2.05, 4.69) is 10.7 Å². The van der Waals surface area contributed by atoms with Crippen LogP contribution >= 0.6 is 0 Å². The van der Waals surface area contributed by atoms with E-state index in [1.807, 2.05) is 19.1 Å². The molecule has 118 valence electrons. The first-order valence-corrected chi connectivity index (χ1v) is 6.63. The Hall–Kier alpha value is -2.37. The van der Waals surface area contributed by atoms with Gasteiger partial charge < -0.3 is 5.73 Å². The largest absolute Gasteiger partial charge is 0.433 e. The maximum absolute atomic E-state index is 12.5. The Morgan fingerprint density at radius 3 is 2.27 bits per heavy atom. The molecule has 1 amide bonds. The number of carbonyl (C=O) groups excluding carboxylic acids is 1. The quantitative estimate of drug-likeness (QED) is 0.913. The number of benzene rings is 1. The standard InChI is InChI=1S/C13H10F3N.C3H7NO/c1-9-4-2-5-10(8-9)11-6-3-7-12(17-11)13(14,15)16;1-2-3(4)5/h2-8H,1H3;2H2,1H3,(H2,4,5). The van der Waals surface area contributed by atoms with Crippen LogP contribution in [0.25, 0.3) is 11.3 Å². The predicted molar refractivity (Wildman–Crippen MR) is 78.9 cm³/mol. The molecule has 0 fully saturated rings. The number of halogens is 3. The van der Waals surface area contributed by atoms with Gasteiger partial charge in [-0.1, -0.05) is 36.8 Å². The topological polar surface area (TPSA) is 56.0 Å². The summed E-state index contributed by atoms with van der Waals surface area (Å²) in [7, 11) is 0. The summed E-state index contributed by atoms with van der Waals surface area (Å²) in [6.45, 7) is 3.61. The molecular formula is C16H17F3N2O. The van der Waals surface area contributed by atoms with Crippen molar-refractivity contribution in [3.8, 4) is 11.3 Å². The van der Waals surface area contributed by atoms with Crippen LogP contribution in [-0.2, 0) is 11.0 Å². The molecule has 0 saturated heterocycles. The third kappa shape index (κ3) is 5.55. The third-order valence-corrected chi connectivity index (χ3v) is 2.70. The van der Waals surface area contributed by atoms with E-state index in [-0.39, 0.29) is 5.91 Å². The van der Waals surface area contributed by atoms with Crippen molar-refractivity contribution in [3.63, 3.8) is 0 Å². The Bertz CT molecular complexity index is 639. The van der Waals surface area contributed by atoms with Crippen LogP contribution in [0.15, 0.2) is 42.5 Å². The Morgan fingerprint density at radius 2 is 1.77 bits per heavy atom. The number of hydrogen-bond donors (Lipinski definition) is 1. The van der Waals surface area contributed by atoms with Gasteiger partial charge in [-0.15, -0.1) is 0 Å². The normalized spacial score (nSPS) is 10.6. The summed E-state index contributed by atoms with van der Waals surface area (Å²) in [5.41, 5.74) is 5.80. The van der Waals surface area contributed by atoms with Crippen LogP contribution in [0.2, 0.25) is 0 Å². The van der Waals surface area contributed by atoms with Crippen LogP contribution in [0.3, 0.4) is 0 Å². The number of amides is 1. The molecule has 1 heterocycles. The molecule has 0 radical (unpaired) electrons. The summed E-state index contributed by atoms with van der Waals surface area (Å²) >= 11 is 0. The highest BCUT2D eigenvalue weighted by molar-refractivity contribution is 5.73. The van der Waals surface area contributed by atoms with Crippen LogP contribution in [0.1, 0.15) is 24.6 Å². The van der Waals surface area contributed by atoms with Crippen molar-refractivity contribution in [2.75, 3.05) is 0 Å². The molecule has 22 heavy (non-hydrogen) atoms. The molecule has 0 aliphatic rings. The first-order valence-electron chi connectivity index (χ1n) is 6.63. The number of aryl methyl sites for hydroxylation is 1. The van der Waals surface area contributed by atoms with Crippen molar-refractivity contribution in [2.45, 2.75) is 26.4 Å². The molecule has 0 spiro atoms. The van der Waals surface area contributed by atoms with Gasteiger partial charge in [-0.2, -0.15) is 13.2 Å². The van der Waals surface area contributed by atoms with Gasteiger partial charge in [0.15, 0.2) is 0 Å². The molecule has 0 unspecified atom stereocenters. The molecule has 0 saturated carbocycles. The maximum atomic E-state index is 12.5. The number of carbonyl (C=O) groups is 1. The SMILES string of the molecule is CCC(N)=O.Cc1cccc(-c2cccc(C(F)(F)F)n2)c1. The second-order valence-corrected chi connectivity index (χ2v) is 4.60. The van der Waals surface area contributed by atoms with Crippen LogP contribution < -0.4 is 5.73 Å². The van der Waals surface area contributed by atoms with E-state index < -0.39 is 11.9 Å². The minimum Gasteiger partial charge on any atom is -0.370 e. The average Bonchev–Trinajstić information content (AvgIpc) is 2.47. The van der Waals surface area contributed by atoms with Crippen molar-refractivity contribution < 1.29 is 18.0 Å². The monoisotopic (exact) mass is 310 g/mol. The maximum Gasteiger partial charge on any atom is 0.433 e. The second-order valence-electron chi connectivity index (χ2n) is 4.60.